The molecular formula is C54H43N. The summed E-state index contributed by atoms with van der Waals surface area (Å²) in [5.74, 6) is 0. The average Bonchev–Trinajstić information content (AvgIpc) is 3.65. The van der Waals surface area contributed by atoms with Gasteiger partial charge in [0.2, 0.25) is 0 Å². The molecule has 0 spiro atoms. The van der Waals surface area contributed by atoms with Gasteiger partial charge in [0.25, 0.3) is 0 Å². The van der Waals surface area contributed by atoms with Crippen molar-refractivity contribution in [3.05, 3.63) is 233 Å². The lowest BCUT2D eigenvalue weighted by Gasteiger charge is -2.36. The molecule has 0 saturated heterocycles. The van der Waals surface area contributed by atoms with Gasteiger partial charge in [0.05, 0.1) is 16.8 Å². The van der Waals surface area contributed by atoms with Crippen LogP contribution in [0.2, 0.25) is 0 Å². The fourth-order valence-corrected chi connectivity index (χ4v) is 9.84. The van der Waals surface area contributed by atoms with Crippen LogP contribution in [0.15, 0.2) is 188 Å². The lowest BCUT2D eigenvalue weighted by Crippen LogP contribution is -2.29. The summed E-state index contributed by atoms with van der Waals surface area (Å²) in [6.07, 6.45) is 0. The molecule has 0 heterocycles. The molecule has 0 radical (unpaired) electrons. The monoisotopic (exact) mass is 705 g/mol. The van der Waals surface area contributed by atoms with E-state index in [0.717, 1.165) is 11.4 Å². The third kappa shape index (κ3) is 4.79. The molecule has 10 rings (SSSR count). The number of aryl methyl sites for hydroxylation is 1. The Morgan fingerprint density at radius 2 is 0.945 bits per heavy atom. The van der Waals surface area contributed by atoms with Gasteiger partial charge in [0, 0.05) is 22.2 Å². The highest BCUT2D eigenvalue weighted by atomic mass is 15.2. The molecule has 2 aliphatic carbocycles. The van der Waals surface area contributed by atoms with E-state index in [0.29, 0.717) is 0 Å². The minimum absolute atomic E-state index is 0.140. The lowest BCUT2D eigenvalue weighted by molar-refractivity contribution is 0.660. The maximum absolute atomic E-state index is 2.59. The largest absolute Gasteiger partial charge is 0.309 e. The van der Waals surface area contributed by atoms with Crippen molar-refractivity contribution < 1.29 is 0 Å². The molecule has 0 amide bonds. The van der Waals surface area contributed by atoms with Crippen molar-refractivity contribution in [3.8, 4) is 33.4 Å². The first-order valence-electron chi connectivity index (χ1n) is 19.5. The summed E-state index contributed by atoms with van der Waals surface area (Å²) in [6.45, 7) is 9.38. The van der Waals surface area contributed by atoms with Crippen LogP contribution < -0.4 is 4.90 Å². The van der Waals surface area contributed by atoms with Crippen LogP contribution in [0.3, 0.4) is 0 Å². The van der Waals surface area contributed by atoms with Crippen LogP contribution in [-0.4, -0.2) is 0 Å². The number of rotatable bonds is 6. The zero-order valence-electron chi connectivity index (χ0n) is 31.8. The maximum Gasteiger partial charge on any atom is 0.0714 e. The summed E-state index contributed by atoms with van der Waals surface area (Å²) in [7, 11) is 0. The summed E-state index contributed by atoms with van der Waals surface area (Å²) in [5.41, 5.74) is 21.0. The van der Waals surface area contributed by atoms with E-state index in [4.69, 9.17) is 0 Å². The maximum atomic E-state index is 2.59. The zero-order valence-corrected chi connectivity index (χ0v) is 31.8. The van der Waals surface area contributed by atoms with E-state index in [2.05, 4.69) is 221 Å². The summed E-state index contributed by atoms with van der Waals surface area (Å²) in [6, 6.07) is 69.9. The Morgan fingerprint density at radius 3 is 1.62 bits per heavy atom. The van der Waals surface area contributed by atoms with E-state index in [-0.39, 0.29) is 5.41 Å². The highest BCUT2D eigenvalue weighted by Gasteiger charge is 2.48. The van der Waals surface area contributed by atoms with E-state index in [1.165, 1.54) is 83.6 Å². The van der Waals surface area contributed by atoms with Gasteiger partial charge >= 0.3 is 0 Å². The van der Waals surface area contributed by atoms with Gasteiger partial charge in [-0.1, -0.05) is 184 Å². The van der Waals surface area contributed by atoms with Crippen LogP contribution in [0.25, 0.3) is 33.4 Å². The molecule has 0 N–H and O–H groups in total. The van der Waals surface area contributed by atoms with Crippen LogP contribution in [0, 0.1) is 13.8 Å². The number of para-hydroxylation sites is 1. The van der Waals surface area contributed by atoms with Crippen molar-refractivity contribution >= 4 is 17.1 Å². The predicted octanol–water partition coefficient (Wildman–Crippen LogP) is 14.1. The molecule has 55 heavy (non-hydrogen) atoms. The predicted molar refractivity (Wildman–Crippen MR) is 231 cm³/mol. The topological polar surface area (TPSA) is 3.24 Å². The van der Waals surface area contributed by atoms with Crippen molar-refractivity contribution in [1.29, 1.82) is 0 Å². The molecule has 8 aromatic carbocycles. The lowest BCUT2D eigenvalue weighted by atomic mass is 9.67. The van der Waals surface area contributed by atoms with Crippen molar-refractivity contribution in [2.45, 2.75) is 38.5 Å². The first kappa shape index (κ1) is 33.2. The minimum atomic E-state index is -0.506. The molecule has 0 atom stereocenters. The number of hydrogen-bond acceptors (Lipinski definition) is 1. The number of fused-ring (bicyclic) bond motifs is 6. The van der Waals surface area contributed by atoms with Crippen LogP contribution in [0.1, 0.15) is 58.4 Å². The second kappa shape index (κ2) is 12.6. The normalized spacial score (nSPS) is 14.1. The summed E-state index contributed by atoms with van der Waals surface area (Å²) in [4.78, 5) is 2.59. The summed E-state index contributed by atoms with van der Waals surface area (Å²) < 4.78 is 0. The molecular weight excluding hydrogens is 663 g/mol. The fourth-order valence-electron chi connectivity index (χ4n) is 9.84. The molecule has 0 aliphatic heterocycles. The van der Waals surface area contributed by atoms with Crippen molar-refractivity contribution in [1.82, 2.24) is 0 Å². The van der Waals surface area contributed by atoms with Gasteiger partial charge in [-0.3, -0.25) is 0 Å². The third-order valence-electron chi connectivity index (χ3n) is 12.5. The third-order valence-corrected chi connectivity index (χ3v) is 12.5. The Bertz CT molecular complexity index is 2700. The second-order valence-electron chi connectivity index (χ2n) is 15.7. The number of benzene rings is 8. The fraction of sp³-hybridized carbons (Fsp3) is 0.111. The van der Waals surface area contributed by atoms with E-state index < -0.39 is 5.41 Å². The smallest absolute Gasteiger partial charge is 0.0714 e. The van der Waals surface area contributed by atoms with Crippen LogP contribution >= 0.6 is 0 Å². The minimum Gasteiger partial charge on any atom is -0.309 e. The Labute approximate surface area is 325 Å². The number of anilines is 3. The van der Waals surface area contributed by atoms with E-state index in [1.54, 1.807) is 0 Å². The van der Waals surface area contributed by atoms with Gasteiger partial charge in [-0.05, 0) is 98.8 Å². The zero-order chi connectivity index (χ0) is 37.3. The van der Waals surface area contributed by atoms with E-state index in [9.17, 15) is 0 Å². The number of nitrogens with zero attached hydrogens (tertiary/aromatic N) is 1. The Hall–Kier alpha value is -6.44. The summed E-state index contributed by atoms with van der Waals surface area (Å²) >= 11 is 0. The summed E-state index contributed by atoms with van der Waals surface area (Å²) in [5, 5.41) is 0. The van der Waals surface area contributed by atoms with Crippen LogP contribution in [0.4, 0.5) is 17.1 Å². The Morgan fingerprint density at radius 1 is 0.418 bits per heavy atom. The molecule has 264 valence electrons. The van der Waals surface area contributed by atoms with Crippen LogP contribution in [-0.2, 0) is 10.8 Å². The molecule has 0 fully saturated rings. The molecule has 2 aliphatic rings. The first-order chi connectivity index (χ1) is 26.9. The van der Waals surface area contributed by atoms with Gasteiger partial charge in [-0.25, -0.2) is 0 Å². The van der Waals surface area contributed by atoms with E-state index >= 15 is 0 Å². The SMILES string of the molecule is Cc1cc2c(c(N(c3ccc4c(c3)C(C)(C)c3ccccc3-4)c3ccccc3-c3ccccc3)c1C)-c1ccccc1C2(c1ccccc1)c1ccccc1. The quantitative estimate of drug-likeness (QED) is 0.166. The van der Waals surface area contributed by atoms with E-state index in [1.807, 2.05) is 0 Å². The number of hydrogen-bond donors (Lipinski definition) is 0. The van der Waals surface area contributed by atoms with Crippen molar-refractivity contribution in [3.63, 3.8) is 0 Å². The molecule has 8 aromatic rings. The standard InChI is InChI=1S/C54H43N/c1-36-34-49-51(45-28-15-18-30-47(45)54(49,39-22-10-6-11-23-39)40-24-12-7-13-25-40)52(37(36)2)55(50-31-19-16-26-42(50)38-20-8-5-9-21-38)41-32-33-44-43-27-14-17-29-46(43)53(3,4)48(44)35-41/h5-35H,1-4H3. The average molecular weight is 706 g/mol. The molecule has 0 aromatic heterocycles. The van der Waals surface area contributed by atoms with Crippen molar-refractivity contribution in [2.75, 3.05) is 4.90 Å². The molecule has 0 unspecified atom stereocenters. The Kier molecular flexibility index (Phi) is 7.58. The Balaban J connectivity index is 1.34. The molecule has 1 heteroatoms. The van der Waals surface area contributed by atoms with Crippen molar-refractivity contribution in [2.24, 2.45) is 0 Å². The van der Waals surface area contributed by atoms with Gasteiger partial charge in [-0.15, -0.1) is 0 Å². The second-order valence-corrected chi connectivity index (χ2v) is 15.7. The molecule has 0 bridgehead atoms. The molecule has 1 nitrogen and oxygen atoms in total. The van der Waals surface area contributed by atoms with Gasteiger partial charge in [-0.2, -0.15) is 0 Å². The highest BCUT2D eigenvalue weighted by molar-refractivity contribution is 6.01. The van der Waals surface area contributed by atoms with Gasteiger partial charge < -0.3 is 4.90 Å². The highest BCUT2D eigenvalue weighted by Crippen LogP contribution is 2.61. The van der Waals surface area contributed by atoms with Gasteiger partial charge in [0.15, 0.2) is 0 Å². The van der Waals surface area contributed by atoms with Crippen LogP contribution in [0.5, 0.6) is 0 Å². The van der Waals surface area contributed by atoms with Gasteiger partial charge in [0.1, 0.15) is 0 Å². The first-order valence-corrected chi connectivity index (χ1v) is 19.5. The molecule has 0 saturated carbocycles.